The summed E-state index contributed by atoms with van der Waals surface area (Å²) in [6, 6.07) is 16.4. The number of aromatic amines is 1. The van der Waals surface area contributed by atoms with Crippen molar-refractivity contribution >= 4 is 28.4 Å². The van der Waals surface area contributed by atoms with Gasteiger partial charge in [-0.15, -0.1) is 0 Å². The molecule has 4 N–H and O–H groups in total. The average molecular weight is 383 g/mol. The zero-order valence-electron chi connectivity index (χ0n) is 14.5. The molecule has 1 saturated heterocycles. The number of para-hydroxylation sites is 1. The molecule has 6 nitrogen and oxygen atoms in total. The molecule has 3 aromatic rings. The van der Waals surface area contributed by atoms with Crippen LogP contribution < -0.4 is 21.7 Å². The molecule has 1 fully saturated rings. The number of pyridine rings is 1. The highest BCUT2D eigenvalue weighted by Crippen LogP contribution is 2.25. The second-order valence-corrected chi connectivity index (χ2v) is 7.05. The summed E-state index contributed by atoms with van der Waals surface area (Å²) in [6.07, 6.45) is 0. The first-order valence-corrected chi connectivity index (χ1v) is 9.14. The van der Waals surface area contributed by atoms with Crippen molar-refractivity contribution < 1.29 is 4.79 Å². The Balaban J connectivity index is 1.51. The van der Waals surface area contributed by atoms with Crippen molar-refractivity contribution in [2.45, 2.75) is 6.04 Å². The standard InChI is InChI=1S/C20H19ClN4O2/c21-14-7-5-12(6-8-14)19-13(11-23-25-19)10-22-20(27)16-9-18(26)24-17-4-2-1-3-15(16)17/h1-9,13,19,23,25H,10-11H2,(H,22,27)(H,24,26). The number of H-pyrrole nitrogens is 1. The smallest absolute Gasteiger partial charge is 0.252 e. The lowest BCUT2D eigenvalue weighted by Crippen LogP contribution is -2.33. The van der Waals surface area contributed by atoms with Gasteiger partial charge in [0.15, 0.2) is 0 Å². The topological polar surface area (TPSA) is 86.0 Å². The van der Waals surface area contributed by atoms with Crippen LogP contribution in [0.5, 0.6) is 0 Å². The van der Waals surface area contributed by atoms with Gasteiger partial charge in [0.25, 0.3) is 5.91 Å². The maximum atomic E-state index is 12.7. The summed E-state index contributed by atoms with van der Waals surface area (Å²) >= 11 is 5.96. The SMILES string of the molecule is O=C(NCC1CNNC1c1ccc(Cl)cc1)c1cc(=O)[nH]c2ccccc12. The minimum atomic E-state index is -0.290. The number of halogens is 1. The van der Waals surface area contributed by atoms with E-state index < -0.39 is 0 Å². The molecule has 2 heterocycles. The summed E-state index contributed by atoms with van der Waals surface area (Å²) in [7, 11) is 0. The van der Waals surface area contributed by atoms with Gasteiger partial charge in [-0.1, -0.05) is 41.9 Å². The second-order valence-electron chi connectivity index (χ2n) is 6.62. The van der Waals surface area contributed by atoms with Crippen molar-refractivity contribution in [1.29, 1.82) is 0 Å². The monoisotopic (exact) mass is 382 g/mol. The van der Waals surface area contributed by atoms with Crippen LogP contribution in [0.25, 0.3) is 10.9 Å². The van der Waals surface area contributed by atoms with E-state index in [1.54, 1.807) is 6.07 Å². The Morgan fingerprint density at radius 1 is 1.15 bits per heavy atom. The normalized spacial score (nSPS) is 19.3. The van der Waals surface area contributed by atoms with E-state index in [1.807, 2.05) is 42.5 Å². The zero-order valence-corrected chi connectivity index (χ0v) is 15.2. The molecule has 1 aliphatic rings. The van der Waals surface area contributed by atoms with Crippen molar-refractivity contribution in [2.24, 2.45) is 5.92 Å². The molecule has 0 aliphatic carbocycles. The van der Waals surface area contributed by atoms with E-state index in [-0.39, 0.29) is 23.4 Å². The van der Waals surface area contributed by atoms with Crippen LogP contribution in [-0.4, -0.2) is 24.0 Å². The number of fused-ring (bicyclic) bond motifs is 1. The highest BCUT2D eigenvalue weighted by atomic mass is 35.5. The Kier molecular flexibility index (Phi) is 4.94. The molecule has 1 aromatic heterocycles. The van der Waals surface area contributed by atoms with Crippen LogP contribution in [0.15, 0.2) is 59.4 Å². The number of hydrogen-bond donors (Lipinski definition) is 4. The number of carbonyl (C=O) groups excluding carboxylic acids is 1. The van der Waals surface area contributed by atoms with Crippen LogP contribution in [0.3, 0.4) is 0 Å². The van der Waals surface area contributed by atoms with Crippen molar-refractivity contribution in [1.82, 2.24) is 21.2 Å². The molecular weight excluding hydrogens is 364 g/mol. The van der Waals surface area contributed by atoms with Gasteiger partial charge in [0, 0.05) is 41.0 Å². The Hall–Kier alpha value is -2.67. The summed E-state index contributed by atoms with van der Waals surface area (Å²) in [6.45, 7) is 1.21. The van der Waals surface area contributed by atoms with Crippen LogP contribution >= 0.6 is 11.6 Å². The van der Waals surface area contributed by atoms with Crippen LogP contribution in [0.2, 0.25) is 5.02 Å². The van der Waals surface area contributed by atoms with Gasteiger partial charge >= 0.3 is 0 Å². The molecule has 1 aliphatic heterocycles. The molecule has 1 amide bonds. The molecule has 138 valence electrons. The third-order valence-corrected chi connectivity index (χ3v) is 5.09. The lowest BCUT2D eigenvalue weighted by Gasteiger charge is -2.19. The van der Waals surface area contributed by atoms with Gasteiger partial charge in [0.2, 0.25) is 5.56 Å². The largest absolute Gasteiger partial charge is 0.352 e. The first-order valence-electron chi connectivity index (χ1n) is 8.76. The number of carbonyl (C=O) groups is 1. The quantitative estimate of drug-likeness (QED) is 0.558. The van der Waals surface area contributed by atoms with Gasteiger partial charge in [-0.25, -0.2) is 5.43 Å². The van der Waals surface area contributed by atoms with Gasteiger partial charge < -0.3 is 10.3 Å². The number of hydrazine groups is 1. The molecule has 2 aromatic carbocycles. The van der Waals surface area contributed by atoms with Gasteiger partial charge in [-0.2, -0.15) is 0 Å². The third-order valence-electron chi connectivity index (χ3n) is 4.84. The average Bonchev–Trinajstić information content (AvgIpc) is 3.14. The molecule has 4 rings (SSSR count). The van der Waals surface area contributed by atoms with E-state index in [4.69, 9.17) is 11.6 Å². The summed E-state index contributed by atoms with van der Waals surface area (Å²) in [4.78, 5) is 27.3. The third kappa shape index (κ3) is 3.73. The minimum absolute atomic E-state index is 0.0680. The van der Waals surface area contributed by atoms with Gasteiger partial charge in [-0.05, 0) is 23.8 Å². The first-order chi connectivity index (χ1) is 13.1. The molecule has 0 radical (unpaired) electrons. The van der Waals surface area contributed by atoms with E-state index in [2.05, 4.69) is 21.2 Å². The molecule has 0 saturated carbocycles. The lowest BCUT2D eigenvalue weighted by atomic mass is 9.95. The maximum absolute atomic E-state index is 12.7. The van der Waals surface area contributed by atoms with Crippen molar-refractivity contribution in [3.05, 3.63) is 81.1 Å². The fourth-order valence-corrected chi connectivity index (χ4v) is 3.59. The Labute approximate surface area is 160 Å². The number of benzene rings is 2. The minimum Gasteiger partial charge on any atom is -0.352 e. The van der Waals surface area contributed by atoms with Crippen LogP contribution in [0, 0.1) is 5.92 Å². The van der Waals surface area contributed by atoms with E-state index in [9.17, 15) is 9.59 Å². The number of aromatic nitrogens is 1. The highest BCUT2D eigenvalue weighted by Gasteiger charge is 2.28. The number of rotatable bonds is 4. The predicted molar refractivity (Wildman–Crippen MR) is 106 cm³/mol. The van der Waals surface area contributed by atoms with Gasteiger partial charge in [0.1, 0.15) is 0 Å². The molecule has 2 atom stereocenters. The second kappa shape index (κ2) is 7.52. The van der Waals surface area contributed by atoms with Crippen molar-refractivity contribution in [3.8, 4) is 0 Å². The van der Waals surface area contributed by atoms with Gasteiger partial charge in [0.05, 0.1) is 11.6 Å². The predicted octanol–water partition coefficient (Wildman–Crippen LogP) is 2.38. The Bertz CT molecular complexity index is 1030. The summed E-state index contributed by atoms with van der Waals surface area (Å²) in [5.41, 5.74) is 8.24. The zero-order chi connectivity index (χ0) is 18.8. The molecule has 2 unspecified atom stereocenters. The van der Waals surface area contributed by atoms with Gasteiger partial charge in [-0.3, -0.25) is 15.0 Å². The number of amides is 1. The van der Waals surface area contributed by atoms with E-state index in [0.29, 0.717) is 22.6 Å². The lowest BCUT2D eigenvalue weighted by molar-refractivity contribution is 0.0948. The number of nitrogens with one attached hydrogen (secondary N) is 4. The maximum Gasteiger partial charge on any atom is 0.252 e. The summed E-state index contributed by atoms with van der Waals surface area (Å²) in [5.74, 6) is -0.0811. The van der Waals surface area contributed by atoms with Crippen LogP contribution in [-0.2, 0) is 0 Å². The van der Waals surface area contributed by atoms with Crippen molar-refractivity contribution in [3.63, 3.8) is 0 Å². The fraction of sp³-hybridized carbons (Fsp3) is 0.200. The van der Waals surface area contributed by atoms with Crippen LogP contribution in [0.4, 0.5) is 0 Å². The highest BCUT2D eigenvalue weighted by molar-refractivity contribution is 6.30. The van der Waals surface area contributed by atoms with Crippen LogP contribution in [0.1, 0.15) is 22.0 Å². The first kappa shape index (κ1) is 17.7. The van der Waals surface area contributed by atoms with Crippen molar-refractivity contribution in [2.75, 3.05) is 13.1 Å². The molecule has 0 spiro atoms. The fourth-order valence-electron chi connectivity index (χ4n) is 3.46. The number of hydrogen-bond acceptors (Lipinski definition) is 4. The molecule has 27 heavy (non-hydrogen) atoms. The van der Waals surface area contributed by atoms with E-state index >= 15 is 0 Å². The molecule has 0 bridgehead atoms. The Morgan fingerprint density at radius 2 is 1.93 bits per heavy atom. The molecule has 7 heteroatoms. The van der Waals surface area contributed by atoms with E-state index in [0.717, 1.165) is 17.5 Å². The van der Waals surface area contributed by atoms with E-state index in [1.165, 1.54) is 6.07 Å². The Morgan fingerprint density at radius 3 is 2.74 bits per heavy atom. The summed E-state index contributed by atoms with van der Waals surface area (Å²) in [5, 5.41) is 4.39. The summed E-state index contributed by atoms with van der Waals surface area (Å²) < 4.78 is 0. The molecular formula is C20H19ClN4O2.